The smallest absolute Gasteiger partial charge is 0.268 e. The Labute approximate surface area is 110 Å². The molecule has 0 atom stereocenters. The van der Waals surface area contributed by atoms with E-state index < -0.39 is 0 Å². The van der Waals surface area contributed by atoms with Gasteiger partial charge in [0.1, 0.15) is 4.88 Å². The van der Waals surface area contributed by atoms with Gasteiger partial charge in [0, 0.05) is 18.5 Å². The second kappa shape index (κ2) is 4.64. The van der Waals surface area contributed by atoms with Crippen molar-refractivity contribution in [3.8, 4) is 0 Å². The van der Waals surface area contributed by atoms with Crippen LogP contribution < -0.4 is 5.32 Å². The van der Waals surface area contributed by atoms with E-state index in [-0.39, 0.29) is 23.8 Å². The quantitative estimate of drug-likeness (QED) is 0.800. The zero-order valence-electron chi connectivity index (χ0n) is 10.7. The fourth-order valence-electron chi connectivity index (χ4n) is 1.78. The number of hydrogen-bond donors (Lipinski definition) is 1. The summed E-state index contributed by atoms with van der Waals surface area (Å²) < 4.78 is 3.87. The minimum Gasteiger partial charge on any atom is -0.353 e. The molecule has 0 aliphatic carbocycles. The van der Waals surface area contributed by atoms with Crippen LogP contribution in [0.2, 0.25) is 0 Å². The first kappa shape index (κ1) is 12.9. The van der Waals surface area contributed by atoms with E-state index >= 15 is 0 Å². The summed E-state index contributed by atoms with van der Waals surface area (Å²) in [5.74, 6) is -0.269. The first-order chi connectivity index (χ1) is 8.39. The Bertz CT molecular complexity index is 478. The van der Waals surface area contributed by atoms with Crippen LogP contribution in [0.3, 0.4) is 0 Å². The Hall–Kier alpha value is -1.50. The van der Waals surface area contributed by atoms with E-state index in [0.717, 1.165) is 11.5 Å². The zero-order valence-corrected chi connectivity index (χ0v) is 11.5. The van der Waals surface area contributed by atoms with Crippen molar-refractivity contribution in [3.05, 3.63) is 10.6 Å². The fourth-order valence-corrected chi connectivity index (χ4v) is 2.62. The van der Waals surface area contributed by atoms with Crippen LogP contribution in [0.1, 0.15) is 36.1 Å². The van der Waals surface area contributed by atoms with Crippen LogP contribution in [0.25, 0.3) is 0 Å². The molecule has 1 aliphatic heterocycles. The maximum atomic E-state index is 12.4. The number of hydrogen-bond acceptors (Lipinski definition) is 5. The highest BCUT2D eigenvalue weighted by molar-refractivity contribution is 7.08. The molecule has 2 rings (SSSR count). The van der Waals surface area contributed by atoms with Crippen LogP contribution in [0.5, 0.6) is 0 Å². The number of carbonyl (C=O) groups excluding carboxylic acids is 2. The predicted octanol–water partition coefficient (Wildman–Crippen LogP) is 0.408. The highest BCUT2D eigenvalue weighted by Crippen LogP contribution is 2.26. The van der Waals surface area contributed by atoms with Crippen LogP contribution in [0, 0.1) is 0 Å². The molecule has 1 aromatic heterocycles. The highest BCUT2D eigenvalue weighted by atomic mass is 32.1. The van der Waals surface area contributed by atoms with Crippen molar-refractivity contribution in [1.29, 1.82) is 0 Å². The minimum absolute atomic E-state index is 0.111. The topological polar surface area (TPSA) is 75.2 Å². The Morgan fingerprint density at radius 1 is 1.44 bits per heavy atom. The lowest BCUT2D eigenvalue weighted by atomic mass is 9.91. The molecule has 0 spiro atoms. The average molecular weight is 268 g/mol. The second-order valence-electron chi connectivity index (χ2n) is 5.28. The molecule has 0 bridgehead atoms. The van der Waals surface area contributed by atoms with Gasteiger partial charge in [0.05, 0.1) is 12.2 Å². The first-order valence-electron chi connectivity index (χ1n) is 5.78. The summed E-state index contributed by atoms with van der Waals surface area (Å²) >= 11 is 1.10. The molecule has 0 saturated carbocycles. The van der Waals surface area contributed by atoms with Gasteiger partial charge in [-0.2, -0.15) is 0 Å². The van der Waals surface area contributed by atoms with E-state index in [9.17, 15) is 9.59 Å². The van der Waals surface area contributed by atoms with E-state index in [4.69, 9.17) is 0 Å². The summed E-state index contributed by atoms with van der Waals surface area (Å²) in [4.78, 5) is 25.7. The Balaban J connectivity index is 2.24. The molecule has 6 nitrogen and oxygen atoms in total. The lowest BCUT2D eigenvalue weighted by Crippen LogP contribution is -2.50. The van der Waals surface area contributed by atoms with Crippen molar-refractivity contribution in [2.75, 3.05) is 19.6 Å². The number of aromatic nitrogens is 2. The first-order valence-corrected chi connectivity index (χ1v) is 6.56. The Morgan fingerprint density at radius 2 is 2.17 bits per heavy atom. The third kappa shape index (κ3) is 2.50. The standard InChI is InChI=1S/C11H16N4O2S/c1-11(2,3)9-8(18-14-13-9)10(17)15-5-4-12-7(16)6-15/h4-6H2,1-3H3,(H,12,16). The maximum absolute atomic E-state index is 12.4. The van der Waals surface area contributed by atoms with Gasteiger partial charge < -0.3 is 10.2 Å². The second-order valence-corrected chi connectivity index (χ2v) is 6.03. The summed E-state index contributed by atoms with van der Waals surface area (Å²) in [5.41, 5.74) is 0.472. The van der Waals surface area contributed by atoms with Gasteiger partial charge in [-0.25, -0.2) is 0 Å². The van der Waals surface area contributed by atoms with Crippen molar-refractivity contribution in [2.24, 2.45) is 0 Å². The van der Waals surface area contributed by atoms with Crippen LogP contribution in [-0.4, -0.2) is 45.9 Å². The predicted molar refractivity (Wildman–Crippen MR) is 67.5 cm³/mol. The Kier molecular flexibility index (Phi) is 3.34. The van der Waals surface area contributed by atoms with Gasteiger partial charge in [-0.3, -0.25) is 9.59 Å². The third-order valence-corrected chi connectivity index (χ3v) is 3.43. The average Bonchev–Trinajstić information content (AvgIpc) is 2.76. The molecule has 2 amide bonds. The number of nitrogens with zero attached hydrogens (tertiary/aromatic N) is 3. The summed E-state index contributed by atoms with van der Waals surface area (Å²) in [6.45, 7) is 7.12. The van der Waals surface area contributed by atoms with E-state index in [2.05, 4.69) is 14.9 Å². The summed E-state index contributed by atoms with van der Waals surface area (Å²) in [7, 11) is 0. The van der Waals surface area contributed by atoms with Crippen molar-refractivity contribution < 1.29 is 9.59 Å². The van der Waals surface area contributed by atoms with Crippen LogP contribution in [-0.2, 0) is 10.2 Å². The molecule has 18 heavy (non-hydrogen) atoms. The molecular formula is C11H16N4O2S. The lowest BCUT2D eigenvalue weighted by molar-refractivity contribution is -0.123. The van der Waals surface area contributed by atoms with Gasteiger partial charge in [0.15, 0.2) is 0 Å². The number of rotatable bonds is 1. The van der Waals surface area contributed by atoms with Gasteiger partial charge in [-0.1, -0.05) is 25.3 Å². The van der Waals surface area contributed by atoms with Gasteiger partial charge >= 0.3 is 0 Å². The zero-order chi connectivity index (χ0) is 13.3. The SMILES string of the molecule is CC(C)(C)c1nnsc1C(=O)N1CCNC(=O)C1. The largest absolute Gasteiger partial charge is 0.353 e. The number of piperazine rings is 1. The molecule has 98 valence electrons. The van der Waals surface area contributed by atoms with Crippen molar-refractivity contribution in [1.82, 2.24) is 19.8 Å². The summed E-state index contributed by atoms with van der Waals surface area (Å²) in [6, 6.07) is 0. The molecule has 1 aromatic rings. The maximum Gasteiger partial charge on any atom is 0.268 e. The molecular weight excluding hydrogens is 252 g/mol. The molecule has 7 heteroatoms. The van der Waals surface area contributed by atoms with Crippen LogP contribution >= 0.6 is 11.5 Å². The van der Waals surface area contributed by atoms with Crippen LogP contribution in [0.15, 0.2) is 0 Å². The van der Waals surface area contributed by atoms with E-state index in [1.807, 2.05) is 20.8 Å². The monoisotopic (exact) mass is 268 g/mol. The van der Waals surface area contributed by atoms with Gasteiger partial charge in [0.2, 0.25) is 5.91 Å². The van der Waals surface area contributed by atoms with Gasteiger partial charge in [0.25, 0.3) is 5.91 Å². The van der Waals surface area contributed by atoms with Crippen LogP contribution in [0.4, 0.5) is 0 Å². The number of amides is 2. The highest BCUT2D eigenvalue weighted by Gasteiger charge is 2.30. The van der Waals surface area contributed by atoms with Crippen molar-refractivity contribution >= 4 is 23.3 Å². The number of nitrogens with one attached hydrogen (secondary N) is 1. The number of carbonyl (C=O) groups is 2. The molecule has 0 radical (unpaired) electrons. The van der Waals surface area contributed by atoms with E-state index in [1.54, 1.807) is 4.90 Å². The van der Waals surface area contributed by atoms with E-state index in [1.165, 1.54) is 0 Å². The molecule has 1 saturated heterocycles. The Morgan fingerprint density at radius 3 is 2.78 bits per heavy atom. The molecule has 1 N–H and O–H groups in total. The molecule has 1 aliphatic rings. The molecule has 1 fully saturated rings. The summed E-state index contributed by atoms with van der Waals surface area (Å²) in [6.07, 6.45) is 0. The van der Waals surface area contributed by atoms with E-state index in [0.29, 0.717) is 23.7 Å². The molecule has 2 heterocycles. The van der Waals surface area contributed by atoms with Crippen molar-refractivity contribution in [2.45, 2.75) is 26.2 Å². The normalized spacial score (nSPS) is 16.6. The minimum atomic E-state index is -0.226. The van der Waals surface area contributed by atoms with Gasteiger partial charge in [-0.05, 0) is 11.5 Å². The third-order valence-electron chi connectivity index (χ3n) is 2.72. The van der Waals surface area contributed by atoms with Crippen molar-refractivity contribution in [3.63, 3.8) is 0 Å². The fraction of sp³-hybridized carbons (Fsp3) is 0.636. The molecule has 0 aromatic carbocycles. The summed E-state index contributed by atoms with van der Waals surface area (Å²) in [5, 5.41) is 6.74. The lowest BCUT2D eigenvalue weighted by Gasteiger charge is -2.27. The molecule has 0 unspecified atom stereocenters. The van der Waals surface area contributed by atoms with Gasteiger partial charge in [-0.15, -0.1) is 5.10 Å².